The number of aliphatic hydroxyl groups is 1. The van der Waals surface area contributed by atoms with E-state index in [2.05, 4.69) is 10.1 Å². The number of hydrogen-bond donors (Lipinski definition) is 2. The second-order valence-electron chi connectivity index (χ2n) is 3.63. The van der Waals surface area contributed by atoms with Gasteiger partial charge in [0.25, 0.3) is 5.91 Å². The summed E-state index contributed by atoms with van der Waals surface area (Å²) in [5.74, 6) is -0.579. The minimum Gasteiger partial charge on any atom is -0.393 e. The molecule has 1 amide bonds. The van der Waals surface area contributed by atoms with E-state index >= 15 is 0 Å². The highest BCUT2D eigenvalue weighted by molar-refractivity contribution is 5.99. The predicted octanol–water partition coefficient (Wildman–Crippen LogP) is -0.248. The van der Waals surface area contributed by atoms with Crippen LogP contribution in [0.5, 0.6) is 0 Å². The van der Waals surface area contributed by atoms with Gasteiger partial charge in [0, 0.05) is 18.8 Å². The summed E-state index contributed by atoms with van der Waals surface area (Å²) in [7, 11) is 0. The van der Waals surface area contributed by atoms with Crippen LogP contribution in [0.15, 0.2) is 18.5 Å². The highest BCUT2D eigenvalue weighted by Gasteiger charge is 2.19. The quantitative estimate of drug-likeness (QED) is 0.746. The second-order valence-corrected chi connectivity index (χ2v) is 3.63. The first-order valence-corrected chi connectivity index (χ1v) is 4.89. The number of carbonyl (C=O) groups is 1. The fourth-order valence-electron chi connectivity index (χ4n) is 1.61. The second kappa shape index (κ2) is 3.90. The van der Waals surface area contributed by atoms with E-state index in [-0.39, 0.29) is 12.0 Å². The molecule has 3 N–H and O–H groups in total. The number of hydrogen-bond acceptors (Lipinski definition) is 4. The first kappa shape index (κ1) is 10.6. The highest BCUT2D eigenvalue weighted by Crippen LogP contribution is 2.14. The van der Waals surface area contributed by atoms with E-state index in [0.29, 0.717) is 11.3 Å². The predicted molar refractivity (Wildman–Crippen MR) is 56.9 cm³/mol. The smallest absolute Gasteiger partial charge is 0.254 e. The van der Waals surface area contributed by atoms with E-state index < -0.39 is 12.0 Å². The van der Waals surface area contributed by atoms with Gasteiger partial charge in [-0.15, -0.1) is 0 Å². The van der Waals surface area contributed by atoms with E-state index in [4.69, 9.17) is 5.73 Å². The number of aromatic nitrogens is 3. The van der Waals surface area contributed by atoms with Crippen molar-refractivity contribution >= 4 is 11.6 Å². The normalized spacial score (nSPS) is 12.9. The Hall–Kier alpha value is -1.95. The third-order valence-electron chi connectivity index (χ3n) is 2.20. The van der Waals surface area contributed by atoms with Crippen molar-refractivity contribution < 1.29 is 9.90 Å². The zero-order chi connectivity index (χ0) is 11.7. The van der Waals surface area contributed by atoms with Crippen LogP contribution in [-0.4, -0.2) is 31.7 Å². The average Bonchev–Trinajstić information content (AvgIpc) is 2.53. The number of fused-ring (bicyclic) bond motifs is 1. The molecule has 2 heterocycles. The van der Waals surface area contributed by atoms with Gasteiger partial charge in [-0.1, -0.05) is 0 Å². The average molecular weight is 220 g/mol. The van der Waals surface area contributed by atoms with Gasteiger partial charge in [-0.3, -0.25) is 4.79 Å². The molecule has 2 aromatic heterocycles. The Morgan fingerprint density at radius 2 is 2.44 bits per heavy atom. The lowest BCUT2D eigenvalue weighted by Gasteiger charge is -2.01. The molecule has 6 nitrogen and oxygen atoms in total. The zero-order valence-electron chi connectivity index (χ0n) is 8.79. The topological polar surface area (TPSA) is 93.5 Å². The molecular weight excluding hydrogens is 208 g/mol. The van der Waals surface area contributed by atoms with Gasteiger partial charge in [-0.25, -0.2) is 9.50 Å². The highest BCUT2D eigenvalue weighted by atomic mass is 16.3. The standard InChI is InChI=1S/C10H12N4O2/c1-6(15)5-7-8(9(11)16)10-12-3-2-4-14(10)13-7/h2-4,6,15H,5H2,1H3,(H2,11,16)/t6-/m1/s1. The summed E-state index contributed by atoms with van der Waals surface area (Å²) >= 11 is 0. The molecule has 1 atom stereocenters. The Morgan fingerprint density at radius 3 is 3.06 bits per heavy atom. The lowest BCUT2D eigenvalue weighted by atomic mass is 10.1. The Bertz CT molecular complexity index is 533. The van der Waals surface area contributed by atoms with Gasteiger partial charge in [-0.2, -0.15) is 5.10 Å². The van der Waals surface area contributed by atoms with E-state index in [0.717, 1.165) is 0 Å². The Morgan fingerprint density at radius 1 is 1.69 bits per heavy atom. The van der Waals surface area contributed by atoms with Crippen molar-refractivity contribution in [2.75, 3.05) is 0 Å². The number of nitrogens with zero attached hydrogens (tertiary/aromatic N) is 3. The summed E-state index contributed by atoms with van der Waals surface area (Å²) in [4.78, 5) is 15.4. The van der Waals surface area contributed by atoms with Gasteiger partial charge < -0.3 is 10.8 Å². The van der Waals surface area contributed by atoms with Crippen molar-refractivity contribution in [3.8, 4) is 0 Å². The first-order chi connectivity index (χ1) is 7.59. The van der Waals surface area contributed by atoms with Crippen LogP contribution in [0, 0.1) is 0 Å². The molecule has 16 heavy (non-hydrogen) atoms. The fourth-order valence-corrected chi connectivity index (χ4v) is 1.61. The number of aliphatic hydroxyl groups excluding tert-OH is 1. The molecular formula is C10H12N4O2. The number of amides is 1. The zero-order valence-corrected chi connectivity index (χ0v) is 8.79. The SMILES string of the molecule is C[C@@H](O)Cc1nn2cccnc2c1C(N)=O. The van der Waals surface area contributed by atoms with Gasteiger partial charge in [-0.05, 0) is 13.0 Å². The minimum atomic E-state index is -0.581. The van der Waals surface area contributed by atoms with Crippen molar-refractivity contribution in [2.24, 2.45) is 5.73 Å². The van der Waals surface area contributed by atoms with Crippen LogP contribution in [0.4, 0.5) is 0 Å². The lowest BCUT2D eigenvalue weighted by molar-refractivity contribution is 0.1000. The molecule has 0 aliphatic rings. The molecule has 2 rings (SSSR count). The van der Waals surface area contributed by atoms with Crippen LogP contribution in [0.1, 0.15) is 23.0 Å². The first-order valence-electron chi connectivity index (χ1n) is 4.89. The van der Waals surface area contributed by atoms with Crippen molar-refractivity contribution in [1.82, 2.24) is 14.6 Å². The maximum absolute atomic E-state index is 11.3. The van der Waals surface area contributed by atoms with Crippen LogP contribution < -0.4 is 5.73 Å². The lowest BCUT2D eigenvalue weighted by Crippen LogP contribution is -2.15. The monoisotopic (exact) mass is 220 g/mol. The fraction of sp³-hybridized carbons (Fsp3) is 0.300. The molecule has 0 aliphatic carbocycles. The molecule has 6 heteroatoms. The van der Waals surface area contributed by atoms with Crippen molar-refractivity contribution in [3.05, 3.63) is 29.7 Å². The molecule has 0 saturated heterocycles. The molecule has 0 spiro atoms. The van der Waals surface area contributed by atoms with Crippen LogP contribution >= 0.6 is 0 Å². The van der Waals surface area contributed by atoms with E-state index in [1.54, 1.807) is 25.4 Å². The molecule has 0 aliphatic heterocycles. The molecule has 0 unspecified atom stereocenters. The summed E-state index contributed by atoms with van der Waals surface area (Å²) in [6, 6.07) is 1.71. The van der Waals surface area contributed by atoms with Gasteiger partial charge >= 0.3 is 0 Å². The molecule has 0 bridgehead atoms. The van der Waals surface area contributed by atoms with Crippen LogP contribution in [-0.2, 0) is 6.42 Å². The number of primary amides is 1. The Labute approximate surface area is 91.7 Å². The molecule has 0 radical (unpaired) electrons. The molecule has 0 saturated carbocycles. The van der Waals surface area contributed by atoms with Crippen LogP contribution in [0.25, 0.3) is 5.65 Å². The number of carbonyl (C=O) groups excluding carboxylic acids is 1. The van der Waals surface area contributed by atoms with Gasteiger partial charge in [0.15, 0.2) is 5.65 Å². The van der Waals surface area contributed by atoms with Gasteiger partial charge in [0.1, 0.15) is 5.56 Å². The molecule has 2 aromatic rings. The summed E-state index contributed by atoms with van der Waals surface area (Å²) in [5, 5.41) is 13.5. The Kier molecular flexibility index (Phi) is 2.57. The third kappa shape index (κ3) is 1.74. The van der Waals surface area contributed by atoms with E-state index in [1.807, 2.05) is 0 Å². The molecule has 84 valence electrons. The maximum atomic E-state index is 11.3. The Balaban J connectivity index is 2.63. The van der Waals surface area contributed by atoms with Crippen molar-refractivity contribution in [2.45, 2.75) is 19.4 Å². The van der Waals surface area contributed by atoms with Crippen LogP contribution in [0.3, 0.4) is 0 Å². The maximum Gasteiger partial charge on any atom is 0.254 e. The number of rotatable bonds is 3. The van der Waals surface area contributed by atoms with Gasteiger partial charge in [0.2, 0.25) is 0 Å². The van der Waals surface area contributed by atoms with Gasteiger partial charge in [0.05, 0.1) is 11.8 Å². The van der Waals surface area contributed by atoms with E-state index in [9.17, 15) is 9.90 Å². The minimum absolute atomic E-state index is 0.279. The summed E-state index contributed by atoms with van der Waals surface area (Å²) in [6.45, 7) is 1.63. The van der Waals surface area contributed by atoms with Crippen LogP contribution in [0.2, 0.25) is 0 Å². The molecule has 0 aromatic carbocycles. The summed E-state index contributed by atoms with van der Waals surface area (Å²) in [6.07, 6.45) is 2.94. The van der Waals surface area contributed by atoms with Crippen molar-refractivity contribution in [3.63, 3.8) is 0 Å². The summed E-state index contributed by atoms with van der Waals surface area (Å²) < 4.78 is 1.48. The number of nitrogens with two attached hydrogens (primary N) is 1. The largest absolute Gasteiger partial charge is 0.393 e. The summed E-state index contributed by atoms with van der Waals surface area (Å²) in [5.41, 5.74) is 6.46. The van der Waals surface area contributed by atoms with E-state index in [1.165, 1.54) is 4.52 Å². The third-order valence-corrected chi connectivity index (χ3v) is 2.20. The van der Waals surface area contributed by atoms with Crippen molar-refractivity contribution in [1.29, 1.82) is 0 Å². The molecule has 0 fully saturated rings.